The standard InChI is InChI=1S/C21H20N4O.ClH/c22-8-1-9-23-21(26)18-6-4-14-10-15(2-3-16(14)11-18)17-5-7-19-13-24-25-20(19)12-17;/h2-7,10-13H,1,8-9,22H2,(H,23,26)(H,24,25);1H. The molecule has 0 aliphatic heterocycles. The van der Waals surface area contributed by atoms with Gasteiger partial charge in [0.15, 0.2) is 0 Å². The molecule has 27 heavy (non-hydrogen) atoms. The second-order valence-electron chi connectivity index (χ2n) is 6.35. The van der Waals surface area contributed by atoms with Crippen molar-refractivity contribution in [2.45, 2.75) is 6.42 Å². The molecule has 0 bridgehead atoms. The monoisotopic (exact) mass is 380 g/mol. The molecule has 1 aromatic heterocycles. The zero-order chi connectivity index (χ0) is 17.9. The largest absolute Gasteiger partial charge is 0.352 e. The number of nitrogens with one attached hydrogen (secondary N) is 2. The first-order valence-electron chi connectivity index (χ1n) is 8.70. The Balaban J connectivity index is 0.00000210. The number of benzene rings is 3. The molecular formula is C21H21ClN4O. The van der Waals surface area contributed by atoms with Crippen molar-refractivity contribution in [2.75, 3.05) is 13.1 Å². The van der Waals surface area contributed by atoms with Crippen molar-refractivity contribution in [3.8, 4) is 11.1 Å². The molecule has 1 amide bonds. The van der Waals surface area contributed by atoms with Crippen LogP contribution < -0.4 is 11.1 Å². The van der Waals surface area contributed by atoms with E-state index < -0.39 is 0 Å². The second kappa shape index (κ2) is 8.20. The first-order valence-corrected chi connectivity index (χ1v) is 8.70. The van der Waals surface area contributed by atoms with Crippen LogP contribution >= 0.6 is 12.4 Å². The molecule has 0 aliphatic rings. The Bertz CT molecular complexity index is 1090. The van der Waals surface area contributed by atoms with Crippen molar-refractivity contribution in [3.05, 3.63) is 66.4 Å². The lowest BCUT2D eigenvalue weighted by Gasteiger charge is -2.08. The van der Waals surface area contributed by atoms with Gasteiger partial charge in [-0.1, -0.05) is 30.3 Å². The molecule has 4 N–H and O–H groups in total. The quantitative estimate of drug-likeness (QED) is 0.459. The lowest BCUT2D eigenvalue weighted by Crippen LogP contribution is -2.25. The van der Waals surface area contributed by atoms with Gasteiger partial charge in [-0.2, -0.15) is 5.10 Å². The van der Waals surface area contributed by atoms with E-state index in [0.29, 0.717) is 18.7 Å². The van der Waals surface area contributed by atoms with Crippen LogP contribution in [0, 0.1) is 0 Å². The Morgan fingerprint density at radius 2 is 1.67 bits per heavy atom. The van der Waals surface area contributed by atoms with E-state index in [4.69, 9.17) is 5.73 Å². The van der Waals surface area contributed by atoms with Gasteiger partial charge >= 0.3 is 0 Å². The number of carbonyl (C=O) groups is 1. The second-order valence-corrected chi connectivity index (χ2v) is 6.35. The van der Waals surface area contributed by atoms with Crippen LogP contribution in [0.5, 0.6) is 0 Å². The fraction of sp³-hybridized carbons (Fsp3) is 0.143. The molecule has 0 radical (unpaired) electrons. The molecule has 0 atom stereocenters. The number of amides is 1. The third-order valence-electron chi connectivity index (χ3n) is 4.54. The highest BCUT2D eigenvalue weighted by molar-refractivity contribution is 5.99. The van der Waals surface area contributed by atoms with Crippen LogP contribution in [-0.4, -0.2) is 29.2 Å². The zero-order valence-electron chi connectivity index (χ0n) is 14.7. The Labute approximate surface area is 163 Å². The van der Waals surface area contributed by atoms with Gasteiger partial charge in [0.2, 0.25) is 0 Å². The number of carbonyl (C=O) groups excluding carboxylic acids is 1. The average molecular weight is 381 g/mol. The van der Waals surface area contributed by atoms with E-state index in [0.717, 1.165) is 39.2 Å². The minimum Gasteiger partial charge on any atom is -0.352 e. The summed E-state index contributed by atoms with van der Waals surface area (Å²) >= 11 is 0. The van der Waals surface area contributed by atoms with Gasteiger partial charge in [-0.25, -0.2) is 0 Å². The highest BCUT2D eigenvalue weighted by Gasteiger charge is 2.07. The van der Waals surface area contributed by atoms with Crippen LogP contribution in [0.15, 0.2) is 60.8 Å². The highest BCUT2D eigenvalue weighted by atomic mass is 35.5. The summed E-state index contributed by atoms with van der Waals surface area (Å²) in [7, 11) is 0. The topological polar surface area (TPSA) is 83.8 Å². The molecule has 4 rings (SSSR count). The molecule has 1 heterocycles. The fourth-order valence-electron chi connectivity index (χ4n) is 3.09. The molecular weight excluding hydrogens is 360 g/mol. The number of H-pyrrole nitrogens is 1. The summed E-state index contributed by atoms with van der Waals surface area (Å²) in [5, 5.41) is 13.2. The molecule has 0 unspecified atom stereocenters. The van der Waals surface area contributed by atoms with Gasteiger partial charge in [0.05, 0.1) is 11.7 Å². The van der Waals surface area contributed by atoms with Gasteiger partial charge in [0.1, 0.15) is 0 Å². The number of hydrogen-bond acceptors (Lipinski definition) is 3. The molecule has 5 nitrogen and oxygen atoms in total. The van der Waals surface area contributed by atoms with Crippen molar-refractivity contribution in [1.82, 2.24) is 15.5 Å². The predicted octanol–water partition coefficient (Wildman–Crippen LogP) is 3.88. The molecule has 138 valence electrons. The molecule has 3 aromatic carbocycles. The van der Waals surface area contributed by atoms with E-state index in [1.54, 1.807) is 0 Å². The van der Waals surface area contributed by atoms with Gasteiger partial charge < -0.3 is 11.1 Å². The van der Waals surface area contributed by atoms with E-state index in [2.05, 4.69) is 51.9 Å². The number of nitrogens with two attached hydrogens (primary N) is 1. The number of halogens is 1. The summed E-state index contributed by atoms with van der Waals surface area (Å²) in [6.07, 6.45) is 2.60. The molecule has 0 saturated carbocycles. The summed E-state index contributed by atoms with van der Waals surface area (Å²) in [6.45, 7) is 1.17. The van der Waals surface area contributed by atoms with Crippen LogP contribution in [0.4, 0.5) is 0 Å². The lowest BCUT2D eigenvalue weighted by atomic mass is 9.99. The first kappa shape index (κ1) is 18.9. The minimum atomic E-state index is -0.0610. The number of aromatic amines is 1. The van der Waals surface area contributed by atoms with E-state index in [-0.39, 0.29) is 18.3 Å². The Hall–Kier alpha value is -2.89. The summed E-state index contributed by atoms with van der Waals surface area (Å²) in [4.78, 5) is 12.2. The van der Waals surface area contributed by atoms with Gasteiger partial charge in [-0.3, -0.25) is 9.89 Å². The lowest BCUT2D eigenvalue weighted by molar-refractivity contribution is 0.0953. The zero-order valence-corrected chi connectivity index (χ0v) is 15.6. The maximum atomic E-state index is 12.2. The van der Waals surface area contributed by atoms with Crippen LogP contribution in [-0.2, 0) is 0 Å². The smallest absolute Gasteiger partial charge is 0.251 e. The first-order chi connectivity index (χ1) is 12.7. The summed E-state index contributed by atoms with van der Waals surface area (Å²) in [5.74, 6) is -0.0610. The molecule has 6 heteroatoms. The minimum absolute atomic E-state index is 0. The maximum absolute atomic E-state index is 12.2. The third-order valence-corrected chi connectivity index (χ3v) is 4.54. The van der Waals surface area contributed by atoms with E-state index in [1.165, 1.54) is 0 Å². The Kier molecular flexibility index (Phi) is 5.74. The van der Waals surface area contributed by atoms with Crippen molar-refractivity contribution < 1.29 is 4.79 Å². The van der Waals surface area contributed by atoms with Crippen molar-refractivity contribution in [3.63, 3.8) is 0 Å². The van der Waals surface area contributed by atoms with Crippen LogP contribution in [0.3, 0.4) is 0 Å². The number of nitrogens with zero attached hydrogens (tertiary/aromatic N) is 1. The third kappa shape index (κ3) is 3.94. The predicted molar refractivity (Wildman–Crippen MR) is 112 cm³/mol. The van der Waals surface area contributed by atoms with Gasteiger partial charge in [0.25, 0.3) is 5.91 Å². The molecule has 0 saturated heterocycles. The normalized spacial score (nSPS) is 10.7. The van der Waals surface area contributed by atoms with Crippen molar-refractivity contribution in [2.24, 2.45) is 5.73 Å². The Morgan fingerprint density at radius 3 is 2.48 bits per heavy atom. The SMILES string of the molecule is Cl.NCCCNC(=O)c1ccc2cc(-c3ccc4cn[nH]c4c3)ccc2c1. The number of aromatic nitrogens is 2. The van der Waals surface area contributed by atoms with E-state index >= 15 is 0 Å². The van der Waals surface area contributed by atoms with Gasteiger partial charge in [-0.15, -0.1) is 12.4 Å². The van der Waals surface area contributed by atoms with Crippen LogP contribution in [0.1, 0.15) is 16.8 Å². The van der Waals surface area contributed by atoms with E-state index in [9.17, 15) is 4.79 Å². The maximum Gasteiger partial charge on any atom is 0.251 e. The molecule has 0 aliphatic carbocycles. The number of fused-ring (bicyclic) bond motifs is 2. The summed E-state index contributed by atoms with van der Waals surface area (Å²) < 4.78 is 0. The van der Waals surface area contributed by atoms with Crippen molar-refractivity contribution in [1.29, 1.82) is 0 Å². The molecule has 0 fully saturated rings. The van der Waals surface area contributed by atoms with E-state index in [1.807, 2.05) is 24.4 Å². The van der Waals surface area contributed by atoms with Crippen LogP contribution in [0.25, 0.3) is 32.8 Å². The average Bonchev–Trinajstić information content (AvgIpc) is 3.15. The number of rotatable bonds is 5. The van der Waals surface area contributed by atoms with Gasteiger partial charge in [0, 0.05) is 17.5 Å². The summed E-state index contributed by atoms with van der Waals surface area (Å²) in [5.41, 5.74) is 9.41. The highest BCUT2D eigenvalue weighted by Crippen LogP contribution is 2.27. The van der Waals surface area contributed by atoms with Gasteiger partial charge in [-0.05, 0) is 59.1 Å². The molecule has 4 aromatic rings. The molecule has 0 spiro atoms. The Morgan fingerprint density at radius 1 is 0.963 bits per heavy atom. The summed E-state index contributed by atoms with van der Waals surface area (Å²) in [6, 6.07) is 18.3. The number of hydrogen-bond donors (Lipinski definition) is 3. The van der Waals surface area contributed by atoms with Crippen LogP contribution in [0.2, 0.25) is 0 Å². The van der Waals surface area contributed by atoms with Crippen molar-refractivity contribution >= 4 is 40.0 Å². The fourth-order valence-corrected chi connectivity index (χ4v) is 3.09.